The zero-order valence-electron chi connectivity index (χ0n) is 16.0. The molecule has 0 aliphatic heterocycles. The first kappa shape index (κ1) is 20.7. The maximum Gasteiger partial charge on any atom is 0.230 e. The molecule has 0 aliphatic carbocycles. The topological polar surface area (TPSA) is 59.6 Å². The van der Waals surface area contributed by atoms with Gasteiger partial charge in [-0.15, -0.1) is 0 Å². The largest absolute Gasteiger partial charge is 0.497 e. The Balaban J connectivity index is 1.82. The molecule has 27 heavy (non-hydrogen) atoms. The fourth-order valence-corrected chi connectivity index (χ4v) is 2.57. The maximum atomic E-state index is 12.1. The van der Waals surface area contributed by atoms with Crippen molar-refractivity contribution in [2.45, 2.75) is 26.7 Å². The summed E-state index contributed by atoms with van der Waals surface area (Å²) >= 11 is 5.23. The summed E-state index contributed by atoms with van der Waals surface area (Å²) in [4.78, 5) is 12.1. The van der Waals surface area contributed by atoms with Crippen molar-refractivity contribution in [1.82, 2.24) is 5.32 Å². The van der Waals surface area contributed by atoms with E-state index in [1.165, 1.54) is 0 Å². The molecule has 0 bridgehead atoms. The van der Waals surface area contributed by atoms with E-state index in [1.807, 2.05) is 48.5 Å². The van der Waals surface area contributed by atoms with Crippen LogP contribution >= 0.6 is 12.2 Å². The van der Waals surface area contributed by atoms with Crippen LogP contribution in [-0.2, 0) is 11.2 Å². The molecule has 1 amide bonds. The van der Waals surface area contributed by atoms with Crippen LogP contribution in [0.15, 0.2) is 48.5 Å². The van der Waals surface area contributed by atoms with E-state index >= 15 is 0 Å². The normalized spacial score (nSPS) is 10.4. The smallest absolute Gasteiger partial charge is 0.230 e. The molecule has 144 valence electrons. The Morgan fingerprint density at radius 2 is 1.85 bits per heavy atom. The Labute approximate surface area is 166 Å². The van der Waals surface area contributed by atoms with Crippen molar-refractivity contribution in [2.75, 3.05) is 19.0 Å². The van der Waals surface area contributed by atoms with Gasteiger partial charge in [-0.05, 0) is 54.4 Å². The molecule has 2 N–H and O–H groups in total. The van der Waals surface area contributed by atoms with Gasteiger partial charge in [0, 0.05) is 11.8 Å². The average molecular weight is 387 g/mol. The van der Waals surface area contributed by atoms with Gasteiger partial charge in [0.2, 0.25) is 5.91 Å². The molecule has 0 aromatic heterocycles. The lowest BCUT2D eigenvalue weighted by molar-refractivity contribution is -0.119. The molecule has 2 aromatic carbocycles. The average Bonchev–Trinajstić information content (AvgIpc) is 2.62. The number of thiocarbonyl (C=S) groups is 1. The number of nitrogens with one attached hydrogen (secondary N) is 2. The molecule has 2 rings (SSSR count). The van der Waals surface area contributed by atoms with Crippen molar-refractivity contribution in [3.8, 4) is 11.5 Å². The number of ether oxygens (including phenoxy) is 2. The van der Waals surface area contributed by atoms with Crippen LogP contribution in [0.2, 0.25) is 0 Å². The number of anilines is 1. The first-order valence-corrected chi connectivity index (χ1v) is 9.33. The number of hydrogen-bond acceptors (Lipinski definition) is 4. The molecule has 5 nitrogen and oxygen atoms in total. The minimum Gasteiger partial charge on any atom is -0.497 e. The van der Waals surface area contributed by atoms with Gasteiger partial charge in [0.15, 0.2) is 5.11 Å². The highest BCUT2D eigenvalue weighted by molar-refractivity contribution is 7.80. The monoisotopic (exact) mass is 386 g/mol. The fourth-order valence-electron chi connectivity index (χ4n) is 2.34. The zero-order valence-corrected chi connectivity index (χ0v) is 16.8. The molecule has 0 saturated heterocycles. The van der Waals surface area contributed by atoms with Gasteiger partial charge in [0.1, 0.15) is 11.5 Å². The highest BCUT2D eigenvalue weighted by Crippen LogP contribution is 2.18. The first-order chi connectivity index (χ1) is 13.0. The summed E-state index contributed by atoms with van der Waals surface area (Å²) in [5.74, 6) is 1.95. The van der Waals surface area contributed by atoms with Crippen LogP contribution in [0.5, 0.6) is 11.5 Å². The van der Waals surface area contributed by atoms with Crippen LogP contribution < -0.4 is 20.1 Å². The molecule has 6 heteroatoms. The van der Waals surface area contributed by atoms with Crippen molar-refractivity contribution in [1.29, 1.82) is 0 Å². The molecular weight excluding hydrogens is 360 g/mol. The summed E-state index contributed by atoms with van der Waals surface area (Å²) in [6.45, 7) is 4.99. The van der Waals surface area contributed by atoms with Crippen molar-refractivity contribution in [3.63, 3.8) is 0 Å². The third kappa shape index (κ3) is 7.66. The van der Waals surface area contributed by atoms with E-state index in [0.29, 0.717) is 12.5 Å². The lowest BCUT2D eigenvalue weighted by Crippen LogP contribution is -2.35. The minimum absolute atomic E-state index is 0.179. The number of rotatable bonds is 8. The Hall–Kier alpha value is -2.60. The van der Waals surface area contributed by atoms with Crippen LogP contribution in [-0.4, -0.2) is 24.7 Å². The molecular formula is C21H26N2O3S. The van der Waals surface area contributed by atoms with Gasteiger partial charge in [0.05, 0.1) is 20.1 Å². The molecule has 0 heterocycles. The lowest BCUT2D eigenvalue weighted by Gasteiger charge is -2.12. The quantitative estimate of drug-likeness (QED) is 0.667. The summed E-state index contributed by atoms with van der Waals surface area (Å²) in [7, 11) is 1.61. The molecule has 0 fully saturated rings. The van der Waals surface area contributed by atoms with E-state index in [4.69, 9.17) is 21.7 Å². The van der Waals surface area contributed by atoms with Crippen LogP contribution in [0.4, 0.5) is 5.69 Å². The zero-order chi connectivity index (χ0) is 19.6. The van der Waals surface area contributed by atoms with E-state index in [0.717, 1.165) is 29.2 Å². The summed E-state index contributed by atoms with van der Waals surface area (Å²) in [5.41, 5.74) is 1.66. The van der Waals surface area contributed by atoms with E-state index < -0.39 is 0 Å². The van der Waals surface area contributed by atoms with Crippen LogP contribution in [0.3, 0.4) is 0 Å². The predicted molar refractivity (Wildman–Crippen MR) is 112 cm³/mol. The Kier molecular flexibility index (Phi) is 8.07. The number of methoxy groups -OCH3 is 1. The number of amides is 1. The molecule has 0 radical (unpaired) electrons. The number of carbonyl (C=O) groups excluding carboxylic acids is 1. The molecule has 0 aliphatic rings. The van der Waals surface area contributed by atoms with Gasteiger partial charge < -0.3 is 20.1 Å². The summed E-state index contributed by atoms with van der Waals surface area (Å²) in [6.07, 6.45) is 1.24. The molecule has 0 saturated carbocycles. The highest BCUT2D eigenvalue weighted by atomic mass is 32.1. The van der Waals surface area contributed by atoms with Gasteiger partial charge in [-0.1, -0.05) is 32.0 Å². The van der Waals surface area contributed by atoms with Gasteiger partial charge in [0.25, 0.3) is 0 Å². The Morgan fingerprint density at radius 1 is 1.11 bits per heavy atom. The Morgan fingerprint density at radius 3 is 2.52 bits per heavy atom. The molecule has 0 atom stereocenters. The molecule has 0 spiro atoms. The van der Waals surface area contributed by atoms with Gasteiger partial charge in [-0.25, -0.2) is 0 Å². The standard InChI is InChI=1S/C21H26N2O3S/c1-15(2)11-12-26-19-6-4-5-17(14-19)22-21(27)23-20(24)13-16-7-9-18(25-3)10-8-16/h4-10,14-15H,11-13H2,1-3H3,(H2,22,23,24,27). The summed E-state index contributed by atoms with van der Waals surface area (Å²) < 4.78 is 10.8. The third-order valence-corrected chi connectivity index (χ3v) is 4.04. The summed E-state index contributed by atoms with van der Waals surface area (Å²) in [6, 6.07) is 14.9. The number of carbonyl (C=O) groups is 1. The van der Waals surface area contributed by atoms with Crippen molar-refractivity contribution < 1.29 is 14.3 Å². The SMILES string of the molecule is COc1ccc(CC(=O)NC(=S)Nc2cccc(OCCC(C)C)c2)cc1. The van der Waals surface area contributed by atoms with Gasteiger partial charge >= 0.3 is 0 Å². The second kappa shape index (κ2) is 10.5. The highest BCUT2D eigenvalue weighted by Gasteiger charge is 2.07. The molecule has 0 unspecified atom stereocenters. The lowest BCUT2D eigenvalue weighted by atomic mass is 10.1. The number of hydrogen-bond donors (Lipinski definition) is 2. The fraction of sp³-hybridized carbons (Fsp3) is 0.333. The number of benzene rings is 2. The van der Waals surface area contributed by atoms with Crippen molar-refractivity contribution in [2.24, 2.45) is 5.92 Å². The van der Waals surface area contributed by atoms with E-state index in [2.05, 4.69) is 24.5 Å². The minimum atomic E-state index is -0.179. The predicted octanol–water partition coefficient (Wildman–Crippen LogP) is 4.18. The van der Waals surface area contributed by atoms with E-state index in [9.17, 15) is 4.79 Å². The second-order valence-corrected chi connectivity index (χ2v) is 6.99. The van der Waals surface area contributed by atoms with E-state index in [-0.39, 0.29) is 17.4 Å². The van der Waals surface area contributed by atoms with Crippen molar-refractivity contribution >= 4 is 28.9 Å². The third-order valence-electron chi connectivity index (χ3n) is 3.83. The second-order valence-electron chi connectivity index (χ2n) is 6.59. The van der Waals surface area contributed by atoms with Crippen molar-refractivity contribution in [3.05, 3.63) is 54.1 Å². The Bertz CT molecular complexity index is 760. The summed E-state index contributed by atoms with van der Waals surface area (Å²) in [5, 5.41) is 5.97. The maximum absolute atomic E-state index is 12.1. The van der Waals surface area contributed by atoms with Crippen LogP contribution in [0, 0.1) is 5.92 Å². The van der Waals surface area contributed by atoms with Gasteiger partial charge in [-0.2, -0.15) is 0 Å². The van der Waals surface area contributed by atoms with E-state index in [1.54, 1.807) is 7.11 Å². The van der Waals surface area contributed by atoms with Crippen LogP contribution in [0.25, 0.3) is 0 Å². The molecule has 2 aromatic rings. The van der Waals surface area contributed by atoms with Gasteiger partial charge in [-0.3, -0.25) is 4.79 Å². The first-order valence-electron chi connectivity index (χ1n) is 8.93. The van der Waals surface area contributed by atoms with Crippen LogP contribution in [0.1, 0.15) is 25.8 Å².